The van der Waals surface area contributed by atoms with Crippen molar-refractivity contribution in [2.24, 2.45) is 5.92 Å². The first-order valence-corrected chi connectivity index (χ1v) is 5.91. The van der Waals surface area contributed by atoms with Gasteiger partial charge >= 0.3 is 0 Å². The maximum absolute atomic E-state index is 11.8. The Labute approximate surface area is 103 Å². The molecule has 0 aliphatic rings. The molecule has 16 heavy (non-hydrogen) atoms. The van der Waals surface area contributed by atoms with Gasteiger partial charge in [-0.15, -0.1) is 0 Å². The third-order valence-electron chi connectivity index (χ3n) is 2.23. The average Bonchev–Trinajstić information content (AvgIpc) is 2.66. The molecule has 0 aromatic carbocycles. The zero-order valence-electron chi connectivity index (χ0n) is 9.33. The van der Waals surface area contributed by atoms with Gasteiger partial charge in [0.25, 0.3) is 5.91 Å². The van der Waals surface area contributed by atoms with Gasteiger partial charge in [0.1, 0.15) is 5.69 Å². The van der Waals surface area contributed by atoms with Crippen LogP contribution in [0, 0.1) is 17.2 Å². The number of hydrogen-bond donors (Lipinski definition) is 1. The number of aromatic nitrogens is 1. The summed E-state index contributed by atoms with van der Waals surface area (Å²) in [6.07, 6.45) is 1.86. The van der Waals surface area contributed by atoms with Crippen LogP contribution < -0.4 is 5.32 Å². The largest absolute Gasteiger partial charge is 0.349 e. The van der Waals surface area contributed by atoms with Crippen LogP contribution in [0.5, 0.6) is 0 Å². The maximum Gasteiger partial charge on any atom is 0.267 e. The summed E-state index contributed by atoms with van der Waals surface area (Å²) in [5.74, 6) is -0.313. The quantitative estimate of drug-likeness (QED) is 0.921. The number of carbonyl (C=O) groups is 1. The first kappa shape index (κ1) is 12.8. The van der Waals surface area contributed by atoms with E-state index in [1.807, 2.05) is 17.7 Å². The second kappa shape index (κ2) is 5.71. The molecule has 1 aromatic rings. The van der Waals surface area contributed by atoms with Crippen LogP contribution in [0.25, 0.3) is 0 Å². The molecule has 5 heteroatoms. The van der Waals surface area contributed by atoms with Crippen LogP contribution >= 0.6 is 15.9 Å². The second-order valence-corrected chi connectivity index (χ2v) is 4.49. The van der Waals surface area contributed by atoms with E-state index in [4.69, 9.17) is 5.26 Å². The van der Waals surface area contributed by atoms with Crippen LogP contribution in [0.3, 0.4) is 0 Å². The van der Waals surface area contributed by atoms with E-state index in [1.165, 1.54) is 0 Å². The third kappa shape index (κ3) is 3.11. The molecule has 0 saturated heterocycles. The summed E-state index contributed by atoms with van der Waals surface area (Å²) in [5.41, 5.74) is 0.611. The Hall–Kier alpha value is -1.28. The monoisotopic (exact) mass is 283 g/mol. The molecule has 1 heterocycles. The number of nitrogens with zero attached hydrogens (tertiary/aromatic N) is 2. The summed E-state index contributed by atoms with van der Waals surface area (Å²) in [6, 6.07) is 3.85. The normalized spacial score (nSPS) is 11.9. The van der Waals surface area contributed by atoms with Gasteiger partial charge in [-0.05, 0) is 35.8 Å². The molecule has 0 saturated carbocycles. The lowest BCUT2D eigenvalue weighted by Gasteiger charge is -2.08. The molecular formula is C11H14BrN3O. The molecule has 86 valence electrons. The number of aryl methyl sites for hydroxylation is 1. The first-order chi connectivity index (χ1) is 7.58. The predicted octanol–water partition coefficient (Wildman–Crippen LogP) is 2.16. The predicted molar refractivity (Wildman–Crippen MR) is 64.9 cm³/mol. The molecule has 0 aliphatic carbocycles. The van der Waals surface area contributed by atoms with Crippen LogP contribution in [0.4, 0.5) is 0 Å². The highest BCUT2D eigenvalue weighted by Crippen LogP contribution is 2.14. The molecule has 0 fully saturated rings. The Morgan fingerprint density at radius 2 is 2.44 bits per heavy atom. The van der Waals surface area contributed by atoms with E-state index in [1.54, 1.807) is 13.0 Å². The highest BCUT2D eigenvalue weighted by Gasteiger charge is 2.12. The Balaban J connectivity index is 2.69. The van der Waals surface area contributed by atoms with Crippen LogP contribution in [0.15, 0.2) is 16.7 Å². The SMILES string of the molecule is CCn1cc(Br)cc1C(=O)NCC(C)C#N. The van der Waals surface area contributed by atoms with Gasteiger partial charge < -0.3 is 9.88 Å². The number of nitriles is 1. The summed E-state index contributed by atoms with van der Waals surface area (Å²) in [6.45, 7) is 4.86. The van der Waals surface area contributed by atoms with Crippen molar-refractivity contribution >= 4 is 21.8 Å². The smallest absolute Gasteiger partial charge is 0.267 e. The minimum Gasteiger partial charge on any atom is -0.349 e. The van der Waals surface area contributed by atoms with E-state index in [0.29, 0.717) is 12.2 Å². The fourth-order valence-corrected chi connectivity index (χ4v) is 1.77. The number of carbonyl (C=O) groups excluding carboxylic acids is 1. The third-order valence-corrected chi connectivity index (χ3v) is 2.66. The van der Waals surface area contributed by atoms with Crippen LogP contribution in [0.1, 0.15) is 24.3 Å². The number of halogens is 1. The van der Waals surface area contributed by atoms with Gasteiger partial charge in [0.05, 0.1) is 12.0 Å². The topological polar surface area (TPSA) is 57.8 Å². The lowest BCUT2D eigenvalue weighted by Crippen LogP contribution is -2.29. The Kier molecular flexibility index (Phi) is 4.56. The van der Waals surface area contributed by atoms with Gasteiger partial charge in [-0.1, -0.05) is 0 Å². The molecule has 0 bridgehead atoms. The zero-order chi connectivity index (χ0) is 12.1. The van der Waals surface area contributed by atoms with Crippen molar-refractivity contribution in [2.75, 3.05) is 6.54 Å². The molecule has 1 amide bonds. The molecule has 4 nitrogen and oxygen atoms in total. The van der Waals surface area contributed by atoms with Crippen molar-refractivity contribution in [3.63, 3.8) is 0 Å². The van der Waals surface area contributed by atoms with Gasteiger partial charge in [0, 0.05) is 23.8 Å². The molecule has 0 aliphatic heterocycles. The van der Waals surface area contributed by atoms with Gasteiger partial charge in [-0.3, -0.25) is 4.79 Å². The lowest BCUT2D eigenvalue weighted by atomic mass is 10.2. The maximum atomic E-state index is 11.8. The van der Waals surface area contributed by atoms with Crippen LogP contribution in [-0.2, 0) is 6.54 Å². The number of amides is 1. The molecule has 1 aromatic heterocycles. The van der Waals surface area contributed by atoms with E-state index >= 15 is 0 Å². The Bertz CT molecular complexity index is 419. The van der Waals surface area contributed by atoms with Gasteiger partial charge in [-0.25, -0.2) is 0 Å². The van der Waals surface area contributed by atoms with Crippen molar-refractivity contribution in [2.45, 2.75) is 20.4 Å². The summed E-state index contributed by atoms with van der Waals surface area (Å²) in [4.78, 5) is 11.8. The highest BCUT2D eigenvalue weighted by atomic mass is 79.9. The molecule has 1 N–H and O–H groups in total. The van der Waals surface area contributed by atoms with Crippen molar-refractivity contribution in [1.82, 2.24) is 9.88 Å². The number of rotatable bonds is 4. The summed E-state index contributed by atoms with van der Waals surface area (Å²) < 4.78 is 2.74. The highest BCUT2D eigenvalue weighted by molar-refractivity contribution is 9.10. The fourth-order valence-electron chi connectivity index (χ4n) is 1.31. The number of hydrogen-bond acceptors (Lipinski definition) is 2. The van der Waals surface area contributed by atoms with Crippen molar-refractivity contribution in [3.8, 4) is 6.07 Å². The molecule has 1 rings (SSSR count). The van der Waals surface area contributed by atoms with E-state index in [-0.39, 0.29) is 11.8 Å². The molecule has 1 unspecified atom stereocenters. The van der Waals surface area contributed by atoms with Gasteiger partial charge in [0.2, 0.25) is 0 Å². The summed E-state index contributed by atoms with van der Waals surface area (Å²) in [5, 5.41) is 11.3. The van der Waals surface area contributed by atoms with E-state index in [9.17, 15) is 4.79 Å². The van der Waals surface area contributed by atoms with Gasteiger partial charge in [-0.2, -0.15) is 5.26 Å². The average molecular weight is 284 g/mol. The molecule has 0 spiro atoms. The zero-order valence-corrected chi connectivity index (χ0v) is 10.9. The summed E-state index contributed by atoms with van der Waals surface area (Å²) >= 11 is 3.33. The first-order valence-electron chi connectivity index (χ1n) is 5.12. The lowest BCUT2D eigenvalue weighted by molar-refractivity contribution is 0.0941. The van der Waals surface area contributed by atoms with E-state index in [0.717, 1.165) is 11.0 Å². The van der Waals surface area contributed by atoms with Crippen molar-refractivity contribution < 1.29 is 4.79 Å². The van der Waals surface area contributed by atoms with Crippen molar-refractivity contribution in [3.05, 3.63) is 22.4 Å². The Morgan fingerprint density at radius 3 is 3.00 bits per heavy atom. The summed E-state index contributed by atoms with van der Waals surface area (Å²) in [7, 11) is 0. The fraction of sp³-hybridized carbons (Fsp3) is 0.455. The molecular weight excluding hydrogens is 270 g/mol. The van der Waals surface area contributed by atoms with E-state index in [2.05, 4.69) is 27.3 Å². The minimum absolute atomic E-state index is 0.144. The van der Waals surface area contributed by atoms with E-state index < -0.39 is 0 Å². The minimum atomic E-state index is -0.169. The van der Waals surface area contributed by atoms with Gasteiger partial charge in [0.15, 0.2) is 0 Å². The van der Waals surface area contributed by atoms with Crippen molar-refractivity contribution in [1.29, 1.82) is 5.26 Å². The second-order valence-electron chi connectivity index (χ2n) is 3.57. The molecule has 1 atom stereocenters. The number of nitrogens with one attached hydrogen (secondary N) is 1. The van der Waals surface area contributed by atoms with Crippen LogP contribution in [0.2, 0.25) is 0 Å². The Morgan fingerprint density at radius 1 is 1.75 bits per heavy atom. The molecule has 0 radical (unpaired) electrons. The van der Waals surface area contributed by atoms with Crippen LogP contribution in [-0.4, -0.2) is 17.0 Å². The standard InChI is InChI=1S/C11H14BrN3O/c1-3-15-7-9(12)4-10(15)11(16)14-6-8(2)5-13/h4,7-8H,3,6H2,1-2H3,(H,14,16).